The summed E-state index contributed by atoms with van der Waals surface area (Å²) in [5.41, 5.74) is 1.77. The van der Waals surface area contributed by atoms with Crippen molar-refractivity contribution in [3.05, 3.63) is 48.2 Å². The first-order chi connectivity index (χ1) is 10.3. The van der Waals surface area contributed by atoms with Crippen LogP contribution in [0.3, 0.4) is 0 Å². The van der Waals surface area contributed by atoms with Crippen molar-refractivity contribution in [1.82, 2.24) is 4.98 Å². The number of aromatic nitrogens is 1. The van der Waals surface area contributed by atoms with Gasteiger partial charge in [0.1, 0.15) is 18.2 Å². The number of pyridine rings is 1. The molecule has 2 heterocycles. The van der Waals surface area contributed by atoms with Crippen molar-refractivity contribution in [3.8, 4) is 5.75 Å². The lowest BCUT2D eigenvalue weighted by atomic mass is 9.96. The molecule has 22 heavy (non-hydrogen) atoms. The van der Waals surface area contributed by atoms with Crippen LogP contribution in [0.4, 0.5) is 11.5 Å². The fourth-order valence-electron chi connectivity index (χ4n) is 2.36. The number of amides is 1. The molecular weight excluding hydrogens is 302 g/mol. The molecule has 5 nitrogen and oxygen atoms in total. The number of carbonyl (C=O) groups excluding carboxylic acids is 1. The number of nitrogens with zero attached hydrogens (tertiary/aromatic N) is 1. The highest BCUT2D eigenvalue weighted by molar-refractivity contribution is 5.93. The van der Waals surface area contributed by atoms with Crippen molar-refractivity contribution in [2.24, 2.45) is 5.92 Å². The maximum atomic E-state index is 12.3. The molecule has 0 fully saturated rings. The Bertz CT molecular complexity index is 646. The summed E-state index contributed by atoms with van der Waals surface area (Å²) in [4.78, 5) is 16.5. The Morgan fingerprint density at radius 2 is 2.09 bits per heavy atom. The van der Waals surface area contributed by atoms with Gasteiger partial charge in [-0.1, -0.05) is 18.2 Å². The molecule has 6 heteroatoms. The quantitative estimate of drug-likeness (QED) is 0.913. The summed E-state index contributed by atoms with van der Waals surface area (Å²) in [6, 6.07) is 11.5. The van der Waals surface area contributed by atoms with Crippen molar-refractivity contribution in [2.75, 3.05) is 24.3 Å². The van der Waals surface area contributed by atoms with Gasteiger partial charge in [0.2, 0.25) is 5.91 Å². The first-order valence-corrected chi connectivity index (χ1v) is 6.91. The molecule has 1 amide bonds. The molecule has 1 aliphatic heterocycles. The van der Waals surface area contributed by atoms with E-state index in [1.165, 1.54) is 0 Å². The van der Waals surface area contributed by atoms with Crippen molar-refractivity contribution < 1.29 is 9.53 Å². The molecule has 0 spiro atoms. The summed E-state index contributed by atoms with van der Waals surface area (Å²) in [5.74, 6) is 1.43. The van der Waals surface area contributed by atoms with Crippen LogP contribution in [0.15, 0.2) is 42.6 Å². The smallest absolute Gasteiger partial charge is 0.231 e. The molecule has 116 valence electrons. The minimum atomic E-state index is -0.177. The molecule has 0 radical (unpaired) electrons. The second kappa shape index (κ2) is 7.13. The van der Waals surface area contributed by atoms with E-state index in [1.54, 1.807) is 13.2 Å². The molecule has 1 atom stereocenters. The molecule has 3 rings (SSSR count). The summed E-state index contributed by atoms with van der Waals surface area (Å²) in [5, 5.41) is 5.82. The molecular formula is C16H18ClN3O2. The number of halogens is 1. The van der Waals surface area contributed by atoms with Crippen LogP contribution in [-0.2, 0) is 11.2 Å². The Labute approximate surface area is 135 Å². The van der Waals surface area contributed by atoms with Crippen molar-refractivity contribution >= 4 is 29.8 Å². The molecule has 0 bridgehead atoms. The number of rotatable bonds is 3. The third-order valence-corrected chi connectivity index (χ3v) is 3.54. The summed E-state index contributed by atoms with van der Waals surface area (Å²) in [6.07, 6.45) is 2.34. The number of para-hydroxylation sites is 1. The van der Waals surface area contributed by atoms with Gasteiger partial charge in [-0.2, -0.15) is 0 Å². The van der Waals surface area contributed by atoms with E-state index in [-0.39, 0.29) is 24.2 Å². The lowest BCUT2D eigenvalue weighted by molar-refractivity contribution is -0.121. The van der Waals surface area contributed by atoms with Gasteiger partial charge in [0.05, 0.1) is 17.8 Å². The SMILES string of the molecule is CNc1ccc(NC(=O)C2COc3ccccc3C2)cn1.Cl. The van der Waals surface area contributed by atoms with Crippen molar-refractivity contribution in [2.45, 2.75) is 6.42 Å². The van der Waals surface area contributed by atoms with Crippen LogP contribution in [0.25, 0.3) is 0 Å². The molecule has 1 unspecified atom stereocenters. The van der Waals surface area contributed by atoms with E-state index in [4.69, 9.17) is 4.74 Å². The molecule has 1 aromatic carbocycles. The van der Waals surface area contributed by atoms with Gasteiger partial charge in [0.15, 0.2) is 0 Å². The number of ether oxygens (including phenoxy) is 1. The number of nitrogens with one attached hydrogen (secondary N) is 2. The van der Waals surface area contributed by atoms with E-state index in [0.29, 0.717) is 18.7 Å². The number of hydrogen-bond donors (Lipinski definition) is 2. The highest BCUT2D eigenvalue weighted by Crippen LogP contribution is 2.27. The molecule has 1 aromatic heterocycles. The molecule has 1 aliphatic rings. The lowest BCUT2D eigenvalue weighted by Gasteiger charge is -2.24. The molecule has 0 saturated heterocycles. The number of hydrogen-bond acceptors (Lipinski definition) is 4. The summed E-state index contributed by atoms with van der Waals surface area (Å²) in [7, 11) is 1.80. The lowest BCUT2D eigenvalue weighted by Crippen LogP contribution is -2.32. The van der Waals surface area contributed by atoms with Gasteiger partial charge in [-0.15, -0.1) is 12.4 Å². The van der Waals surface area contributed by atoms with Crippen LogP contribution in [0.2, 0.25) is 0 Å². The largest absolute Gasteiger partial charge is 0.492 e. The van der Waals surface area contributed by atoms with Crippen LogP contribution in [0, 0.1) is 5.92 Å². The molecule has 0 saturated carbocycles. The van der Waals surface area contributed by atoms with Gasteiger partial charge < -0.3 is 15.4 Å². The molecule has 2 aromatic rings. The van der Waals surface area contributed by atoms with E-state index < -0.39 is 0 Å². The number of carbonyl (C=O) groups is 1. The molecule has 0 aliphatic carbocycles. The zero-order valence-electron chi connectivity index (χ0n) is 12.2. The van der Waals surface area contributed by atoms with Crippen molar-refractivity contribution in [3.63, 3.8) is 0 Å². The zero-order chi connectivity index (χ0) is 14.7. The normalized spacial score (nSPS) is 15.8. The van der Waals surface area contributed by atoms with Crippen LogP contribution in [-0.4, -0.2) is 24.5 Å². The van der Waals surface area contributed by atoms with Crippen LogP contribution in [0.1, 0.15) is 5.56 Å². The number of benzene rings is 1. The van der Waals surface area contributed by atoms with Gasteiger partial charge in [-0.05, 0) is 30.2 Å². The van der Waals surface area contributed by atoms with E-state index in [9.17, 15) is 4.79 Å². The van der Waals surface area contributed by atoms with E-state index in [2.05, 4.69) is 15.6 Å². The monoisotopic (exact) mass is 319 g/mol. The Kier molecular flexibility index (Phi) is 5.22. The third-order valence-electron chi connectivity index (χ3n) is 3.54. The second-order valence-electron chi connectivity index (χ2n) is 4.99. The zero-order valence-corrected chi connectivity index (χ0v) is 13.0. The molecule has 2 N–H and O–H groups in total. The fourth-order valence-corrected chi connectivity index (χ4v) is 2.36. The van der Waals surface area contributed by atoms with Gasteiger partial charge >= 0.3 is 0 Å². The van der Waals surface area contributed by atoms with Crippen LogP contribution in [0.5, 0.6) is 5.75 Å². The Balaban J connectivity index is 0.00000176. The minimum Gasteiger partial charge on any atom is -0.492 e. The van der Waals surface area contributed by atoms with Gasteiger partial charge in [-0.25, -0.2) is 4.98 Å². The second-order valence-corrected chi connectivity index (χ2v) is 4.99. The standard InChI is InChI=1S/C16H17N3O2.ClH/c1-17-15-7-6-13(9-18-15)19-16(20)12-8-11-4-2-3-5-14(11)21-10-12;/h2-7,9,12H,8,10H2,1H3,(H,17,18)(H,19,20);1H. The Morgan fingerprint density at radius 3 is 2.82 bits per heavy atom. The maximum absolute atomic E-state index is 12.3. The Morgan fingerprint density at radius 1 is 1.27 bits per heavy atom. The number of fused-ring (bicyclic) bond motifs is 1. The van der Waals surface area contributed by atoms with Crippen LogP contribution >= 0.6 is 12.4 Å². The fraction of sp³-hybridized carbons (Fsp3) is 0.250. The topological polar surface area (TPSA) is 63.2 Å². The third kappa shape index (κ3) is 3.49. The van der Waals surface area contributed by atoms with Gasteiger partial charge in [-0.3, -0.25) is 4.79 Å². The first-order valence-electron chi connectivity index (χ1n) is 6.91. The average Bonchev–Trinajstić information content (AvgIpc) is 2.55. The van der Waals surface area contributed by atoms with Crippen LogP contribution < -0.4 is 15.4 Å². The summed E-state index contributed by atoms with van der Waals surface area (Å²) >= 11 is 0. The van der Waals surface area contributed by atoms with E-state index in [0.717, 1.165) is 17.1 Å². The van der Waals surface area contributed by atoms with E-state index >= 15 is 0 Å². The predicted octanol–water partition coefficient (Wildman–Crippen LogP) is 2.73. The van der Waals surface area contributed by atoms with Gasteiger partial charge in [0.25, 0.3) is 0 Å². The summed E-state index contributed by atoms with van der Waals surface area (Å²) in [6.45, 7) is 0.408. The van der Waals surface area contributed by atoms with Crippen molar-refractivity contribution in [1.29, 1.82) is 0 Å². The van der Waals surface area contributed by atoms with Gasteiger partial charge in [0, 0.05) is 7.05 Å². The average molecular weight is 320 g/mol. The predicted molar refractivity (Wildman–Crippen MR) is 88.8 cm³/mol. The minimum absolute atomic E-state index is 0. The summed E-state index contributed by atoms with van der Waals surface area (Å²) < 4.78 is 5.64. The maximum Gasteiger partial charge on any atom is 0.231 e. The first kappa shape index (κ1) is 16.1. The van der Waals surface area contributed by atoms with E-state index in [1.807, 2.05) is 36.4 Å². The Hall–Kier alpha value is -2.27. The number of anilines is 2. The highest BCUT2D eigenvalue weighted by Gasteiger charge is 2.25. The highest BCUT2D eigenvalue weighted by atomic mass is 35.5.